The molecule has 0 radical (unpaired) electrons. The highest BCUT2D eigenvalue weighted by atomic mass is 15.3. The Morgan fingerprint density at radius 3 is 0.819 bits per heavy atom. The van der Waals surface area contributed by atoms with Crippen molar-refractivity contribution in [3.8, 4) is 51.2 Å². The molecule has 3 aliphatic rings. The quantitative estimate of drug-likeness (QED) is 0.177. The van der Waals surface area contributed by atoms with Crippen LogP contribution in [0.15, 0.2) is 182 Å². The zero-order chi connectivity index (χ0) is 48.2. The molecule has 6 nitrogen and oxygen atoms in total. The lowest BCUT2D eigenvalue weighted by Crippen LogP contribution is -2.16. The summed E-state index contributed by atoms with van der Waals surface area (Å²) in [6, 6.07) is 67.4. The zero-order valence-electron chi connectivity index (χ0n) is 41.0. The fourth-order valence-corrected chi connectivity index (χ4v) is 13.8. The number of benzene rings is 9. The van der Waals surface area contributed by atoms with Gasteiger partial charge < -0.3 is 0 Å². The normalized spacial score (nSPS) is 15.4. The molecule has 6 heteroatoms. The second-order valence-corrected chi connectivity index (χ2v) is 22.0. The molecule has 3 aliphatic carbocycles. The maximum Gasteiger partial charge on any atom is 0.241 e. The maximum absolute atomic E-state index is 5.73. The van der Waals surface area contributed by atoms with Crippen molar-refractivity contribution in [2.24, 2.45) is 0 Å². The van der Waals surface area contributed by atoms with Crippen molar-refractivity contribution < 1.29 is 0 Å². The second-order valence-electron chi connectivity index (χ2n) is 22.0. The molecule has 4 heterocycles. The Hall–Kier alpha value is -8.61. The monoisotopic (exact) mass is 924 g/mol. The SMILES string of the molecule is CC1(C)c2ccccc2-c2cc3c4ccccc4n(-c4nc(-n5c6ccccc6c6cc7c(cc65)C(C)(C)c5ccccc5-7)nc(-n5c6ccccc6c6cc7c(cc65)C(C)(C)c5ccccc5-7)n4)c3cc21. The van der Waals surface area contributed by atoms with Crippen LogP contribution in [0.2, 0.25) is 0 Å². The van der Waals surface area contributed by atoms with Crippen LogP contribution in [0.5, 0.6) is 0 Å². The Morgan fingerprint density at radius 2 is 0.514 bits per heavy atom. The molecule has 4 aromatic heterocycles. The van der Waals surface area contributed by atoms with Crippen LogP contribution in [0.3, 0.4) is 0 Å². The highest BCUT2D eigenvalue weighted by Crippen LogP contribution is 2.54. The fraction of sp³-hybridized carbons (Fsp3) is 0.136. The molecule has 0 saturated carbocycles. The molecule has 72 heavy (non-hydrogen) atoms. The van der Waals surface area contributed by atoms with E-state index in [1.54, 1.807) is 0 Å². The van der Waals surface area contributed by atoms with E-state index in [-0.39, 0.29) is 16.2 Å². The van der Waals surface area contributed by atoms with Gasteiger partial charge in [-0.05, 0) is 121 Å². The molecular formula is C66H48N6. The van der Waals surface area contributed by atoms with Gasteiger partial charge in [0.1, 0.15) is 0 Å². The van der Waals surface area contributed by atoms with Crippen molar-refractivity contribution >= 4 is 65.4 Å². The Labute approximate surface area is 416 Å². The Kier molecular flexibility index (Phi) is 7.48. The third-order valence-corrected chi connectivity index (χ3v) is 17.3. The summed E-state index contributed by atoms with van der Waals surface area (Å²) in [5.41, 5.74) is 21.4. The van der Waals surface area contributed by atoms with Crippen LogP contribution in [-0.2, 0) is 16.2 Å². The van der Waals surface area contributed by atoms with Crippen LogP contribution in [0.4, 0.5) is 0 Å². The van der Waals surface area contributed by atoms with Gasteiger partial charge in [0.25, 0.3) is 0 Å². The Morgan fingerprint density at radius 1 is 0.250 bits per heavy atom. The van der Waals surface area contributed by atoms with Gasteiger partial charge in [-0.3, -0.25) is 13.7 Å². The number of fused-ring (bicyclic) bond motifs is 18. The van der Waals surface area contributed by atoms with E-state index in [2.05, 4.69) is 237 Å². The van der Waals surface area contributed by atoms with Gasteiger partial charge >= 0.3 is 0 Å². The second kappa shape index (κ2) is 13.4. The number of para-hydroxylation sites is 3. The van der Waals surface area contributed by atoms with Crippen molar-refractivity contribution in [1.29, 1.82) is 0 Å². The number of hydrogen-bond acceptors (Lipinski definition) is 3. The van der Waals surface area contributed by atoms with Gasteiger partial charge in [-0.1, -0.05) is 169 Å². The largest absolute Gasteiger partial charge is 0.278 e. The smallest absolute Gasteiger partial charge is 0.241 e. The molecule has 0 unspecified atom stereocenters. The molecule has 0 amide bonds. The molecule has 0 aliphatic heterocycles. The average Bonchev–Trinajstić information content (AvgIpc) is 4.18. The van der Waals surface area contributed by atoms with Gasteiger partial charge in [-0.25, -0.2) is 0 Å². The van der Waals surface area contributed by atoms with E-state index in [1.807, 2.05) is 0 Å². The van der Waals surface area contributed by atoms with E-state index in [0.717, 1.165) is 49.3 Å². The van der Waals surface area contributed by atoms with Crippen molar-refractivity contribution in [2.75, 3.05) is 0 Å². The number of rotatable bonds is 3. The fourth-order valence-electron chi connectivity index (χ4n) is 13.8. The summed E-state index contributed by atoms with van der Waals surface area (Å²) in [5, 5.41) is 6.98. The molecule has 0 N–H and O–H groups in total. The van der Waals surface area contributed by atoms with E-state index < -0.39 is 0 Å². The van der Waals surface area contributed by atoms with E-state index in [9.17, 15) is 0 Å². The molecule has 342 valence electrons. The molecule has 0 bridgehead atoms. The molecule has 0 fully saturated rings. The van der Waals surface area contributed by atoms with Crippen LogP contribution in [0.1, 0.15) is 74.9 Å². The summed E-state index contributed by atoms with van der Waals surface area (Å²) >= 11 is 0. The first-order valence-corrected chi connectivity index (χ1v) is 25.3. The van der Waals surface area contributed by atoms with Crippen LogP contribution in [0.25, 0.3) is 117 Å². The average molecular weight is 925 g/mol. The standard InChI is InChI=1S/C66H48N6/c1-64(2)49-25-13-7-19-37(49)43-31-46-40-22-10-16-28-55(40)70(58(46)34-52(43)64)61-67-62(71-56-29-17-11-23-41(56)47-32-44-38-20-8-14-26-50(38)65(3,4)53(44)35-59(47)71)69-63(68-61)72-57-30-18-12-24-42(57)48-33-45-39-21-9-15-27-51(39)66(5,6)54(45)36-60(48)72/h7-36H,1-6H3. The van der Waals surface area contributed by atoms with Crippen molar-refractivity contribution in [1.82, 2.24) is 28.7 Å². The lowest BCUT2D eigenvalue weighted by molar-refractivity contribution is 0.661. The molecule has 16 rings (SSSR count). The minimum absolute atomic E-state index is 0.204. The highest BCUT2D eigenvalue weighted by molar-refractivity contribution is 6.14. The first-order valence-electron chi connectivity index (χ1n) is 25.3. The van der Waals surface area contributed by atoms with Gasteiger partial charge in [-0.2, -0.15) is 15.0 Å². The number of aromatic nitrogens is 6. The van der Waals surface area contributed by atoms with E-state index >= 15 is 0 Å². The lowest BCUT2D eigenvalue weighted by Gasteiger charge is -2.22. The van der Waals surface area contributed by atoms with Crippen molar-refractivity contribution in [2.45, 2.75) is 57.8 Å². The van der Waals surface area contributed by atoms with Gasteiger partial charge in [-0.15, -0.1) is 0 Å². The summed E-state index contributed by atoms with van der Waals surface area (Å²) in [5.74, 6) is 1.69. The first-order chi connectivity index (χ1) is 35.0. The van der Waals surface area contributed by atoms with Gasteiger partial charge in [0, 0.05) is 48.6 Å². The van der Waals surface area contributed by atoms with Gasteiger partial charge in [0.15, 0.2) is 0 Å². The minimum atomic E-state index is -0.204. The Balaban J connectivity index is 1.04. The molecule has 0 saturated heterocycles. The van der Waals surface area contributed by atoms with Crippen LogP contribution in [0, 0.1) is 0 Å². The predicted octanol–water partition coefficient (Wildman–Crippen LogP) is 16.1. The third-order valence-electron chi connectivity index (χ3n) is 17.3. The highest BCUT2D eigenvalue weighted by Gasteiger charge is 2.39. The van der Waals surface area contributed by atoms with Crippen molar-refractivity contribution in [3.05, 3.63) is 215 Å². The first kappa shape index (κ1) is 40.2. The number of nitrogens with zero attached hydrogens (tertiary/aromatic N) is 6. The molecule has 0 spiro atoms. The molecular weight excluding hydrogens is 877 g/mol. The van der Waals surface area contributed by atoms with Gasteiger partial charge in [0.2, 0.25) is 17.8 Å². The molecule has 9 aromatic carbocycles. The Bertz CT molecular complexity index is 4130. The summed E-state index contributed by atoms with van der Waals surface area (Å²) in [4.78, 5) is 17.2. The topological polar surface area (TPSA) is 53.5 Å². The summed E-state index contributed by atoms with van der Waals surface area (Å²) in [7, 11) is 0. The summed E-state index contributed by atoms with van der Waals surface area (Å²) < 4.78 is 6.90. The predicted molar refractivity (Wildman–Crippen MR) is 296 cm³/mol. The lowest BCUT2D eigenvalue weighted by atomic mass is 9.82. The zero-order valence-corrected chi connectivity index (χ0v) is 41.0. The summed E-state index contributed by atoms with van der Waals surface area (Å²) in [6.45, 7) is 14.1. The van der Waals surface area contributed by atoms with E-state index in [4.69, 9.17) is 15.0 Å². The molecule has 0 atom stereocenters. The minimum Gasteiger partial charge on any atom is -0.278 e. The number of hydrogen-bond donors (Lipinski definition) is 0. The maximum atomic E-state index is 5.73. The van der Waals surface area contributed by atoms with Gasteiger partial charge in [0.05, 0.1) is 33.1 Å². The van der Waals surface area contributed by atoms with Crippen molar-refractivity contribution in [3.63, 3.8) is 0 Å². The van der Waals surface area contributed by atoms with E-state index in [1.165, 1.54) is 82.9 Å². The van der Waals surface area contributed by atoms with Crippen LogP contribution in [-0.4, -0.2) is 28.7 Å². The van der Waals surface area contributed by atoms with Crippen LogP contribution >= 0.6 is 0 Å². The summed E-state index contributed by atoms with van der Waals surface area (Å²) in [6.07, 6.45) is 0. The van der Waals surface area contributed by atoms with E-state index in [0.29, 0.717) is 17.8 Å². The van der Waals surface area contributed by atoms with Crippen LogP contribution < -0.4 is 0 Å². The third kappa shape index (κ3) is 4.92. The molecule has 13 aromatic rings.